The zero-order valence-electron chi connectivity index (χ0n) is 15.0. The van der Waals surface area contributed by atoms with Gasteiger partial charge in [0.2, 0.25) is 0 Å². The molecule has 3 rings (SSSR count). The molecule has 0 atom stereocenters. The van der Waals surface area contributed by atoms with Gasteiger partial charge in [-0.3, -0.25) is 0 Å². The molecule has 0 bridgehead atoms. The van der Waals surface area contributed by atoms with Gasteiger partial charge in [-0.05, 0) is 28.3 Å². The SMILES string of the molecule is CC(C)(c1[c]ccc(C(C)(C)c2ccccc2)c1)c1ccccc1. The van der Waals surface area contributed by atoms with Crippen LogP contribution in [0.1, 0.15) is 49.9 Å². The quantitative estimate of drug-likeness (QED) is 0.543. The van der Waals surface area contributed by atoms with Crippen molar-refractivity contribution in [1.29, 1.82) is 0 Å². The Morgan fingerprint density at radius 1 is 0.583 bits per heavy atom. The third-order valence-electron chi connectivity index (χ3n) is 5.19. The van der Waals surface area contributed by atoms with Crippen LogP contribution in [0.25, 0.3) is 0 Å². The Morgan fingerprint density at radius 2 is 1.08 bits per heavy atom. The van der Waals surface area contributed by atoms with Gasteiger partial charge in [0, 0.05) is 10.8 Å². The lowest BCUT2D eigenvalue weighted by atomic mass is 9.73. The summed E-state index contributed by atoms with van der Waals surface area (Å²) >= 11 is 0. The van der Waals surface area contributed by atoms with Crippen LogP contribution in [0.4, 0.5) is 0 Å². The summed E-state index contributed by atoms with van der Waals surface area (Å²) in [5.74, 6) is 0. The van der Waals surface area contributed by atoms with Crippen LogP contribution in [0.3, 0.4) is 0 Å². The van der Waals surface area contributed by atoms with Crippen LogP contribution in [0, 0.1) is 6.07 Å². The van der Waals surface area contributed by atoms with Crippen molar-refractivity contribution in [1.82, 2.24) is 0 Å². The first-order valence-corrected chi connectivity index (χ1v) is 8.56. The maximum atomic E-state index is 3.47. The van der Waals surface area contributed by atoms with Crippen LogP contribution in [0.15, 0.2) is 78.9 Å². The van der Waals surface area contributed by atoms with Crippen molar-refractivity contribution in [3.8, 4) is 0 Å². The molecule has 121 valence electrons. The van der Waals surface area contributed by atoms with E-state index >= 15 is 0 Å². The van der Waals surface area contributed by atoms with Gasteiger partial charge in [-0.2, -0.15) is 0 Å². The molecule has 0 N–H and O–H groups in total. The maximum absolute atomic E-state index is 3.47. The highest BCUT2D eigenvalue weighted by atomic mass is 14.3. The second kappa shape index (κ2) is 6.28. The average Bonchev–Trinajstić information content (AvgIpc) is 2.63. The molecule has 0 unspecified atom stereocenters. The van der Waals surface area contributed by atoms with Crippen LogP contribution >= 0.6 is 0 Å². The minimum Gasteiger partial charge on any atom is -0.0622 e. The van der Waals surface area contributed by atoms with Crippen molar-refractivity contribution < 1.29 is 0 Å². The maximum Gasteiger partial charge on any atom is 0.0152 e. The van der Waals surface area contributed by atoms with E-state index in [0.717, 1.165) is 0 Å². The van der Waals surface area contributed by atoms with E-state index in [9.17, 15) is 0 Å². The van der Waals surface area contributed by atoms with Crippen LogP contribution in [0.5, 0.6) is 0 Å². The molecule has 0 aromatic heterocycles. The van der Waals surface area contributed by atoms with Crippen LogP contribution < -0.4 is 0 Å². The fraction of sp³-hybridized carbons (Fsp3) is 0.250. The second-order valence-electron chi connectivity index (χ2n) is 7.47. The fourth-order valence-corrected chi connectivity index (χ4v) is 3.25. The molecule has 0 heteroatoms. The molecule has 0 amide bonds. The number of rotatable bonds is 4. The minimum absolute atomic E-state index is 0.0299. The third kappa shape index (κ3) is 3.01. The Kier molecular flexibility index (Phi) is 4.32. The lowest BCUT2D eigenvalue weighted by Gasteiger charge is -2.30. The highest BCUT2D eigenvalue weighted by Gasteiger charge is 2.27. The summed E-state index contributed by atoms with van der Waals surface area (Å²) < 4.78 is 0. The van der Waals surface area contributed by atoms with Crippen molar-refractivity contribution >= 4 is 0 Å². The second-order valence-corrected chi connectivity index (χ2v) is 7.47. The molecule has 0 spiro atoms. The topological polar surface area (TPSA) is 0 Å². The zero-order chi connectivity index (χ0) is 17.2. The molecule has 0 fully saturated rings. The Hall–Kier alpha value is -2.34. The fourth-order valence-electron chi connectivity index (χ4n) is 3.25. The van der Waals surface area contributed by atoms with Crippen LogP contribution in [-0.4, -0.2) is 0 Å². The molecule has 3 aromatic carbocycles. The van der Waals surface area contributed by atoms with Gasteiger partial charge in [-0.1, -0.05) is 107 Å². The van der Waals surface area contributed by atoms with E-state index in [0.29, 0.717) is 0 Å². The van der Waals surface area contributed by atoms with E-state index in [2.05, 4.69) is 113 Å². The van der Waals surface area contributed by atoms with Gasteiger partial charge in [-0.15, -0.1) is 0 Å². The van der Waals surface area contributed by atoms with Crippen molar-refractivity contribution in [3.63, 3.8) is 0 Å². The number of benzene rings is 3. The molecule has 0 aliphatic rings. The molecule has 0 aliphatic heterocycles. The Morgan fingerprint density at radius 3 is 1.62 bits per heavy atom. The highest BCUT2D eigenvalue weighted by molar-refractivity contribution is 5.43. The van der Waals surface area contributed by atoms with E-state index in [1.807, 2.05) is 0 Å². The van der Waals surface area contributed by atoms with E-state index in [-0.39, 0.29) is 10.8 Å². The Bertz CT molecular complexity index is 729. The van der Waals surface area contributed by atoms with Crippen molar-refractivity contribution in [2.45, 2.75) is 38.5 Å². The summed E-state index contributed by atoms with van der Waals surface area (Å²) in [6.07, 6.45) is 0. The van der Waals surface area contributed by atoms with Gasteiger partial charge >= 0.3 is 0 Å². The summed E-state index contributed by atoms with van der Waals surface area (Å²) in [6.45, 7) is 9.12. The van der Waals surface area contributed by atoms with E-state index in [1.165, 1.54) is 22.3 Å². The highest BCUT2D eigenvalue weighted by Crippen LogP contribution is 2.36. The van der Waals surface area contributed by atoms with Gasteiger partial charge in [0.25, 0.3) is 0 Å². The normalized spacial score (nSPS) is 12.2. The first-order valence-electron chi connectivity index (χ1n) is 8.56. The third-order valence-corrected chi connectivity index (χ3v) is 5.19. The molecule has 0 aliphatic carbocycles. The van der Waals surface area contributed by atoms with Gasteiger partial charge in [-0.25, -0.2) is 0 Å². The van der Waals surface area contributed by atoms with Gasteiger partial charge < -0.3 is 0 Å². The lowest BCUT2D eigenvalue weighted by molar-refractivity contribution is 0.616. The summed E-state index contributed by atoms with van der Waals surface area (Å²) in [7, 11) is 0. The monoisotopic (exact) mass is 313 g/mol. The van der Waals surface area contributed by atoms with Gasteiger partial charge in [0.1, 0.15) is 0 Å². The Balaban J connectivity index is 2.04. The Labute approximate surface area is 146 Å². The average molecular weight is 313 g/mol. The molecular formula is C24H25. The van der Waals surface area contributed by atoms with Crippen molar-refractivity contribution in [2.75, 3.05) is 0 Å². The van der Waals surface area contributed by atoms with Gasteiger partial charge in [0.05, 0.1) is 0 Å². The molecule has 0 saturated carbocycles. The lowest BCUT2D eigenvalue weighted by Crippen LogP contribution is -2.23. The first kappa shape index (κ1) is 16.5. The molecule has 0 heterocycles. The number of hydrogen-bond acceptors (Lipinski definition) is 0. The molecule has 0 saturated heterocycles. The van der Waals surface area contributed by atoms with Crippen molar-refractivity contribution in [3.05, 3.63) is 107 Å². The summed E-state index contributed by atoms with van der Waals surface area (Å²) in [6, 6.07) is 31.4. The summed E-state index contributed by atoms with van der Waals surface area (Å²) in [5.41, 5.74) is 5.11. The van der Waals surface area contributed by atoms with Crippen LogP contribution in [-0.2, 0) is 10.8 Å². The smallest absolute Gasteiger partial charge is 0.0152 e. The minimum atomic E-state index is -0.0654. The summed E-state index contributed by atoms with van der Waals surface area (Å²) in [4.78, 5) is 0. The molecular weight excluding hydrogens is 288 g/mol. The predicted octanol–water partition coefficient (Wildman–Crippen LogP) is 6.14. The largest absolute Gasteiger partial charge is 0.0622 e. The standard InChI is InChI=1S/C24H25/c1-23(2,19-12-7-5-8-13-19)21-16-11-17-22(18-21)24(3,4)20-14-9-6-10-15-20/h5-16,18H,1-4H3. The molecule has 0 nitrogen and oxygen atoms in total. The first-order chi connectivity index (χ1) is 11.4. The molecule has 1 radical (unpaired) electrons. The van der Waals surface area contributed by atoms with E-state index in [4.69, 9.17) is 0 Å². The van der Waals surface area contributed by atoms with Crippen molar-refractivity contribution in [2.24, 2.45) is 0 Å². The summed E-state index contributed by atoms with van der Waals surface area (Å²) in [5, 5.41) is 0. The zero-order valence-corrected chi connectivity index (χ0v) is 15.0. The van der Waals surface area contributed by atoms with E-state index in [1.54, 1.807) is 0 Å². The van der Waals surface area contributed by atoms with E-state index < -0.39 is 0 Å². The molecule has 3 aromatic rings. The number of hydrogen-bond donors (Lipinski definition) is 0. The van der Waals surface area contributed by atoms with Gasteiger partial charge in [0.15, 0.2) is 0 Å². The predicted molar refractivity (Wildman–Crippen MR) is 102 cm³/mol. The molecule has 24 heavy (non-hydrogen) atoms. The van der Waals surface area contributed by atoms with Crippen LogP contribution in [0.2, 0.25) is 0 Å².